The molecule has 3 aromatic rings. The molecule has 0 aliphatic carbocycles. The van der Waals surface area contributed by atoms with Crippen molar-refractivity contribution in [2.24, 2.45) is 0 Å². The van der Waals surface area contributed by atoms with Crippen LogP contribution < -0.4 is 5.32 Å². The molecule has 3 rings (SSSR count). The van der Waals surface area contributed by atoms with E-state index in [1.165, 1.54) is 0 Å². The summed E-state index contributed by atoms with van der Waals surface area (Å²) in [6, 6.07) is 11.0. The Morgan fingerprint density at radius 2 is 2.20 bits per heavy atom. The lowest BCUT2D eigenvalue weighted by Gasteiger charge is -2.18. The van der Waals surface area contributed by atoms with Crippen LogP contribution in [0.1, 0.15) is 11.3 Å². The number of phenols is 1. The highest BCUT2D eigenvalue weighted by Gasteiger charge is 2.10. The molecule has 7 heteroatoms. The van der Waals surface area contributed by atoms with Crippen LogP contribution in [-0.2, 0) is 13.0 Å². The molecule has 0 unspecified atom stereocenters. The van der Waals surface area contributed by atoms with Gasteiger partial charge in [0.25, 0.3) is 0 Å². The van der Waals surface area contributed by atoms with Crippen molar-refractivity contribution in [3.8, 4) is 5.75 Å². The maximum atomic E-state index is 12.2. The van der Waals surface area contributed by atoms with Gasteiger partial charge in [0.2, 0.25) is 0 Å². The first kappa shape index (κ1) is 17.3. The molecular formula is C18H19BrN4O2. The zero-order chi connectivity index (χ0) is 17.8. The number of aromatic hydroxyl groups is 1. The highest BCUT2D eigenvalue weighted by Crippen LogP contribution is 2.24. The monoisotopic (exact) mass is 402 g/mol. The number of urea groups is 1. The Morgan fingerprint density at radius 1 is 1.36 bits per heavy atom. The largest absolute Gasteiger partial charge is 0.507 e. The molecule has 0 radical (unpaired) electrons. The van der Waals surface area contributed by atoms with Crippen LogP contribution in [0.3, 0.4) is 0 Å². The van der Waals surface area contributed by atoms with Crippen LogP contribution in [0.25, 0.3) is 11.0 Å². The number of amides is 2. The van der Waals surface area contributed by atoms with Gasteiger partial charge in [-0.1, -0.05) is 6.07 Å². The van der Waals surface area contributed by atoms with Crippen LogP contribution >= 0.6 is 15.9 Å². The molecule has 6 nitrogen and oxygen atoms in total. The maximum absolute atomic E-state index is 12.2. The molecule has 2 amide bonds. The van der Waals surface area contributed by atoms with Gasteiger partial charge in [-0.25, -0.2) is 4.79 Å². The third kappa shape index (κ3) is 4.30. The van der Waals surface area contributed by atoms with Gasteiger partial charge in [0, 0.05) is 25.5 Å². The fourth-order valence-corrected chi connectivity index (χ4v) is 2.94. The summed E-state index contributed by atoms with van der Waals surface area (Å²) < 4.78 is 0.657. The van der Waals surface area contributed by atoms with Gasteiger partial charge in [0.05, 0.1) is 22.1 Å². The number of rotatable bonds is 5. The standard InChI is InChI=1S/C18H19BrN4O2/c1-23(8-6-12-4-5-17(24)14(19)9-12)18(25)21-11-13-10-16-15(22-13)3-2-7-20-16/h2-5,7,9-10,22,24H,6,8,11H2,1H3,(H,21,25). The molecule has 0 bridgehead atoms. The van der Waals surface area contributed by atoms with Gasteiger partial charge in [-0.3, -0.25) is 4.98 Å². The van der Waals surface area contributed by atoms with E-state index >= 15 is 0 Å². The number of fused-ring (bicyclic) bond motifs is 1. The molecular weight excluding hydrogens is 384 g/mol. The highest BCUT2D eigenvalue weighted by atomic mass is 79.9. The number of carbonyl (C=O) groups is 1. The van der Waals surface area contributed by atoms with Crippen LogP contribution in [0.4, 0.5) is 4.79 Å². The van der Waals surface area contributed by atoms with Gasteiger partial charge in [0.15, 0.2) is 0 Å². The van der Waals surface area contributed by atoms with E-state index in [-0.39, 0.29) is 11.8 Å². The van der Waals surface area contributed by atoms with Crippen LogP contribution in [0.15, 0.2) is 47.1 Å². The third-order valence-electron chi connectivity index (χ3n) is 3.97. The molecule has 2 heterocycles. The molecule has 1 aromatic carbocycles. The number of hydrogen-bond acceptors (Lipinski definition) is 3. The second-order valence-corrected chi connectivity index (χ2v) is 6.70. The van der Waals surface area contributed by atoms with Gasteiger partial charge in [-0.15, -0.1) is 0 Å². The summed E-state index contributed by atoms with van der Waals surface area (Å²) in [7, 11) is 1.76. The van der Waals surface area contributed by atoms with Crippen molar-refractivity contribution >= 4 is 33.0 Å². The number of halogens is 1. The number of pyridine rings is 1. The van der Waals surface area contributed by atoms with Crippen molar-refractivity contribution in [1.82, 2.24) is 20.2 Å². The smallest absolute Gasteiger partial charge is 0.317 e. The van der Waals surface area contributed by atoms with Gasteiger partial charge in [-0.05, 0) is 58.2 Å². The lowest BCUT2D eigenvalue weighted by atomic mass is 10.1. The van der Waals surface area contributed by atoms with E-state index in [4.69, 9.17) is 0 Å². The molecule has 0 aliphatic rings. The topological polar surface area (TPSA) is 81.2 Å². The van der Waals surface area contributed by atoms with E-state index in [1.807, 2.05) is 30.3 Å². The zero-order valence-electron chi connectivity index (χ0n) is 13.8. The SMILES string of the molecule is CN(CCc1ccc(O)c(Br)c1)C(=O)NCc1cc2ncccc2[nH]1. The number of H-pyrrole nitrogens is 1. The summed E-state index contributed by atoms with van der Waals surface area (Å²) in [6.45, 7) is 1.00. The number of hydrogen-bond donors (Lipinski definition) is 3. The Balaban J connectivity index is 1.51. The Morgan fingerprint density at radius 3 is 2.96 bits per heavy atom. The summed E-state index contributed by atoms with van der Waals surface area (Å²) >= 11 is 3.30. The molecule has 2 aromatic heterocycles. The molecule has 3 N–H and O–H groups in total. The minimum atomic E-state index is -0.135. The molecule has 0 atom stereocenters. The van der Waals surface area contributed by atoms with Gasteiger partial charge >= 0.3 is 6.03 Å². The van der Waals surface area contributed by atoms with E-state index in [1.54, 1.807) is 24.2 Å². The van der Waals surface area contributed by atoms with Crippen LogP contribution in [0, 0.1) is 0 Å². The molecule has 130 valence electrons. The van der Waals surface area contributed by atoms with Gasteiger partial charge < -0.3 is 20.3 Å². The van der Waals surface area contributed by atoms with Crippen molar-refractivity contribution in [1.29, 1.82) is 0 Å². The number of benzene rings is 1. The second-order valence-electron chi connectivity index (χ2n) is 5.85. The molecule has 0 fully saturated rings. The average Bonchev–Trinajstić information content (AvgIpc) is 3.03. The number of nitrogens with zero attached hydrogens (tertiary/aromatic N) is 2. The number of carbonyl (C=O) groups excluding carboxylic acids is 1. The minimum Gasteiger partial charge on any atom is -0.507 e. The number of aromatic nitrogens is 2. The summed E-state index contributed by atoms with van der Waals surface area (Å²) in [5.41, 5.74) is 3.81. The van der Waals surface area contributed by atoms with Crippen molar-refractivity contribution in [2.45, 2.75) is 13.0 Å². The van der Waals surface area contributed by atoms with Crippen LogP contribution in [0.2, 0.25) is 0 Å². The molecule has 0 spiro atoms. The van der Waals surface area contributed by atoms with E-state index < -0.39 is 0 Å². The van der Waals surface area contributed by atoms with Crippen LogP contribution in [0.5, 0.6) is 5.75 Å². The Bertz CT molecular complexity index is 861. The second kappa shape index (κ2) is 7.57. The maximum Gasteiger partial charge on any atom is 0.317 e. The first-order valence-corrected chi connectivity index (χ1v) is 8.71. The summed E-state index contributed by atoms with van der Waals surface area (Å²) in [5.74, 6) is 0.211. The molecule has 0 saturated carbocycles. The predicted octanol–water partition coefficient (Wildman–Crippen LogP) is 3.42. The van der Waals surface area contributed by atoms with Crippen molar-refractivity contribution < 1.29 is 9.90 Å². The number of phenolic OH excluding ortho intramolecular Hbond substituents is 1. The normalized spacial score (nSPS) is 10.8. The first-order valence-electron chi connectivity index (χ1n) is 7.92. The average molecular weight is 403 g/mol. The summed E-state index contributed by atoms with van der Waals surface area (Å²) in [5, 5.41) is 12.4. The van der Waals surface area contributed by atoms with E-state index in [0.717, 1.165) is 22.3 Å². The molecule has 25 heavy (non-hydrogen) atoms. The lowest BCUT2D eigenvalue weighted by Crippen LogP contribution is -2.38. The summed E-state index contributed by atoms with van der Waals surface area (Å²) in [6.07, 6.45) is 2.45. The van der Waals surface area contributed by atoms with Crippen molar-refractivity contribution in [3.05, 3.63) is 58.3 Å². The lowest BCUT2D eigenvalue weighted by molar-refractivity contribution is 0.209. The van der Waals surface area contributed by atoms with Crippen molar-refractivity contribution in [3.63, 3.8) is 0 Å². The minimum absolute atomic E-state index is 0.135. The van der Waals surface area contributed by atoms with Gasteiger partial charge in [-0.2, -0.15) is 0 Å². The fourth-order valence-electron chi connectivity index (χ4n) is 2.52. The molecule has 0 aliphatic heterocycles. The first-order chi connectivity index (χ1) is 12.0. The van der Waals surface area contributed by atoms with E-state index in [9.17, 15) is 9.90 Å². The fraction of sp³-hybridized carbons (Fsp3) is 0.222. The van der Waals surface area contributed by atoms with E-state index in [2.05, 4.69) is 31.2 Å². The Kier molecular flexibility index (Phi) is 5.23. The predicted molar refractivity (Wildman–Crippen MR) is 100 cm³/mol. The van der Waals surface area contributed by atoms with Crippen molar-refractivity contribution in [2.75, 3.05) is 13.6 Å². The Labute approximate surface area is 154 Å². The quantitative estimate of drug-likeness (QED) is 0.611. The van der Waals surface area contributed by atoms with E-state index in [0.29, 0.717) is 24.0 Å². The number of nitrogens with one attached hydrogen (secondary N) is 2. The highest BCUT2D eigenvalue weighted by molar-refractivity contribution is 9.10. The Hall–Kier alpha value is -2.54. The van der Waals surface area contributed by atoms with Crippen LogP contribution in [-0.4, -0.2) is 39.6 Å². The molecule has 0 saturated heterocycles. The summed E-state index contributed by atoms with van der Waals surface area (Å²) in [4.78, 5) is 21.3. The zero-order valence-corrected chi connectivity index (χ0v) is 15.4. The third-order valence-corrected chi connectivity index (χ3v) is 4.60. The van der Waals surface area contributed by atoms with Gasteiger partial charge in [0.1, 0.15) is 5.75 Å². The number of likely N-dealkylation sites (N-methyl/N-ethyl adjacent to an activating group) is 1. The number of aromatic amines is 1.